The highest BCUT2D eigenvalue weighted by molar-refractivity contribution is 5.78. The first-order chi connectivity index (χ1) is 9.33. The number of para-hydroxylation sites is 2. The van der Waals surface area contributed by atoms with Gasteiger partial charge in [-0.05, 0) is 18.6 Å². The number of ether oxygens (including phenoxy) is 2. The number of nitrogens with zero attached hydrogens (tertiary/aromatic N) is 2. The Morgan fingerprint density at radius 1 is 1.21 bits per heavy atom. The third-order valence-corrected chi connectivity index (χ3v) is 2.97. The molecule has 0 bridgehead atoms. The largest absolute Gasteiger partial charge is 0.382 e. The van der Waals surface area contributed by atoms with E-state index in [2.05, 4.69) is 20.9 Å². The average molecular weight is 263 g/mol. The van der Waals surface area contributed by atoms with E-state index in [9.17, 15) is 0 Å². The second-order valence-electron chi connectivity index (χ2n) is 4.37. The normalized spacial score (nSPS) is 11.1. The molecule has 0 aliphatic heterocycles. The number of hydrogen-bond donors (Lipinski definition) is 1. The summed E-state index contributed by atoms with van der Waals surface area (Å²) < 4.78 is 12.4. The Labute approximate surface area is 113 Å². The molecule has 0 aliphatic rings. The highest BCUT2D eigenvalue weighted by Gasteiger charge is 2.05. The summed E-state index contributed by atoms with van der Waals surface area (Å²) >= 11 is 0. The fourth-order valence-electron chi connectivity index (χ4n) is 1.92. The van der Waals surface area contributed by atoms with E-state index >= 15 is 0 Å². The van der Waals surface area contributed by atoms with Crippen LogP contribution in [0.15, 0.2) is 24.3 Å². The minimum Gasteiger partial charge on any atom is -0.382 e. The zero-order valence-electron chi connectivity index (χ0n) is 11.6. The number of imidazole rings is 1. The maximum atomic E-state index is 5.41. The van der Waals surface area contributed by atoms with E-state index in [0.29, 0.717) is 13.2 Å². The number of hydrogen-bond acceptors (Lipinski definition) is 4. The summed E-state index contributed by atoms with van der Waals surface area (Å²) in [6, 6.07) is 8.12. The molecule has 0 unspecified atom stereocenters. The van der Waals surface area contributed by atoms with Crippen LogP contribution in [0.4, 0.5) is 5.95 Å². The van der Waals surface area contributed by atoms with Crippen molar-refractivity contribution >= 4 is 17.0 Å². The second kappa shape index (κ2) is 7.11. The molecule has 5 heteroatoms. The van der Waals surface area contributed by atoms with Gasteiger partial charge in [0, 0.05) is 27.3 Å². The van der Waals surface area contributed by atoms with Gasteiger partial charge in [0.25, 0.3) is 0 Å². The van der Waals surface area contributed by atoms with Crippen molar-refractivity contribution < 1.29 is 9.47 Å². The van der Waals surface area contributed by atoms with Crippen molar-refractivity contribution in [1.29, 1.82) is 0 Å². The Morgan fingerprint density at radius 2 is 2.05 bits per heavy atom. The highest BCUT2D eigenvalue weighted by Crippen LogP contribution is 2.17. The van der Waals surface area contributed by atoms with E-state index in [-0.39, 0.29) is 0 Å². The van der Waals surface area contributed by atoms with Gasteiger partial charge in [-0.15, -0.1) is 0 Å². The van der Waals surface area contributed by atoms with Gasteiger partial charge in [0.1, 0.15) is 0 Å². The molecule has 0 amide bonds. The van der Waals surface area contributed by atoms with Crippen LogP contribution >= 0.6 is 0 Å². The van der Waals surface area contributed by atoms with Crippen molar-refractivity contribution in [3.63, 3.8) is 0 Å². The maximum Gasteiger partial charge on any atom is 0.203 e. The lowest BCUT2D eigenvalue weighted by Gasteiger charge is -2.06. The van der Waals surface area contributed by atoms with Gasteiger partial charge in [-0.3, -0.25) is 0 Å². The number of aryl methyl sites for hydroxylation is 1. The molecule has 1 heterocycles. The van der Waals surface area contributed by atoms with Crippen LogP contribution in [0.1, 0.15) is 6.42 Å². The molecule has 104 valence electrons. The Hall–Kier alpha value is -1.59. The van der Waals surface area contributed by atoms with Crippen molar-refractivity contribution in [3.05, 3.63) is 24.3 Å². The van der Waals surface area contributed by atoms with Crippen molar-refractivity contribution in [2.75, 3.05) is 38.8 Å². The number of rotatable bonds is 8. The third kappa shape index (κ3) is 3.68. The summed E-state index contributed by atoms with van der Waals surface area (Å²) in [4.78, 5) is 4.55. The summed E-state index contributed by atoms with van der Waals surface area (Å²) in [5.41, 5.74) is 2.16. The quantitative estimate of drug-likeness (QED) is 0.740. The fourth-order valence-corrected chi connectivity index (χ4v) is 1.92. The van der Waals surface area contributed by atoms with Gasteiger partial charge in [-0.25, -0.2) is 4.98 Å². The van der Waals surface area contributed by atoms with Crippen LogP contribution in [-0.4, -0.2) is 43.0 Å². The molecule has 1 aromatic heterocycles. The number of nitrogens with one attached hydrogen (secondary N) is 1. The molecule has 0 saturated carbocycles. The number of aromatic nitrogens is 2. The Bertz CT molecular complexity index is 510. The Morgan fingerprint density at radius 3 is 2.84 bits per heavy atom. The zero-order chi connectivity index (χ0) is 13.5. The molecule has 0 radical (unpaired) electrons. The highest BCUT2D eigenvalue weighted by atomic mass is 16.5. The molecule has 5 nitrogen and oxygen atoms in total. The summed E-state index contributed by atoms with van der Waals surface area (Å²) in [6.07, 6.45) is 0.951. The maximum absolute atomic E-state index is 5.41. The van der Waals surface area contributed by atoms with Crippen LogP contribution in [0.5, 0.6) is 0 Å². The number of methoxy groups -OCH3 is 1. The predicted octanol–water partition coefficient (Wildman–Crippen LogP) is 2.04. The Balaban J connectivity index is 1.77. The first-order valence-corrected chi connectivity index (χ1v) is 6.55. The van der Waals surface area contributed by atoms with Crippen molar-refractivity contribution in [2.45, 2.75) is 6.42 Å². The zero-order valence-corrected chi connectivity index (χ0v) is 11.6. The van der Waals surface area contributed by atoms with Crippen molar-refractivity contribution in [3.8, 4) is 0 Å². The summed E-state index contributed by atoms with van der Waals surface area (Å²) in [6.45, 7) is 2.89. The third-order valence-electron chi connectivity index (χ3n) is 2.97. The van der Waals surface area contributed by atoms with E-state index in [1.165, 1.54) is 0 Å². The number of fused-ring (bicyclic) bond motifs is 1. The first kappa shape index (κ1) is 13.8. The van der Waals surface area contributed by atoms with Crippen molar-refractivity contribution in [1.82, 2.24) is 9.55 Å². The van der Waals surface area contributed by atoms with E-state index in [4.69, 9.17) is 9.47 Å². The molecular weight excluding hydrogens is 242 g/mol. The molecule has 0 atom stereocenters. The molecule has 2 aromatic rings. The van der Waals surface area contributed by atoms with Gasteiger partial charge in [0.2, 0.25) is 5.95 Å². The smallest absolute Gasteiger partial charge is 0.203 e. The van der Waals surface area contributed by atoms with Crippen molar-refractivity contribution in [2.24, 2.45) is 7.05 Å². The topological polar surface area (TPSA) is 48.3 Å². The first-order valence-electron chi connectivity index (χ1n) is 6.55. The molecule has 0 fully saturated rings. The van der Waals surface area contributed by atoms with Crippen LogP contribution in [0.25, 0.3) is 11.0 Å². The van der Waals surface area contributed by atoms with Gasteiger partial charge in [-0.2, -0.15) is 0 Å². The lowest BCUT2D eigenvalue weighted by Crippen LogP contribution is -2.10. The number of anilines is 1. The minimum atomic E-state index is 0.651. The fraction of sp³-hybridized carbons (Fsp3) is 0.500. The minimum absolute atomic E-state index is 0.651. The molecular formula is C14H21N3O2. The van der Waals surface area contributed by atoms with Crippen LogP contribution < -0.4 is 5.32 Å². The molecule has 0 aliphatic carbocycles. The average Bonchev–Trinajstić information content (AvgIpc) is 2.75. The van der Waals surface area contributed by atoms with Crippen LogP contribution in [0.2, 0.25) is 0 Å². The SMILES string of the molecule is COCCOCCCNc1nc2ccccc2n1C. The van der Waals surface area contributed by atoms with Crippen LogP contribution in [0.3, 0.4) is 0 Å². The molecule has 0 saturated heterocycles. The van der Waals surface area contributed by atoms with E-state index in [0.717, 1.165) is 36.6 Å². The molecule has 0 spiro atoms. The summed E-state index contributed by atoms with van der Waals surface area (Å²) in [7, 11) is 3.70. The van der Waals surface area contributed by atoms with Gasteiger partial charge >= 0.3 is 0 Å². The lowest BCUT2D eigenvalue weighted by molar-refractivity contribution is 0.0705. The Kier molecular flexibility index (Phi) is 5.18. The monoisotopic (exact) mass is 263 g/mol. The van der Waals surface area contributed by atoms with Gasteiger partial charge in [-0.1, -0.05) is 12.1 Å². The molecule has 2 rings (SSSR count). The van der Waals surface area contributed by atoms with E-state index in [1.54, 1.807) is 7.11 Å². The van der Waals surface area contributed by atoms with Crippen LogP contribution in [-0.2, 0) is 16.5 Å². The van der Waals surface area contributed by atoms with E-state index < -0.39 is 0 Å². The molecule has 19 heavy (non-hydrogen) atoms. The van der Waals surface area contributed by atoms with Gasteiger partial charge < -0.3 is 19.4 Å². The predicted molar refractivity (Wildman–Crippen MR) is 76.5 cm³/mol. The van der Waals surface area contributed by atoms with Crippen LogP contribution in [0, 0.1) is 0 Å². The molecule has 1 aromatic carbocycles. The number of benzene rings is 1. The lowest BCUT2D eigenvalue weighted by atomic mass is 10.3. The van der Waals surface area contributed by atoms with Gasteiger partial charge in [0.15, 0.2) is 0 Å². The standard InChI is InChI=1S/C14H21N3O2/c1-17-13-7-4-3-6-12(13)16-14(17)15-8-5-9-19-11-10-18-2/h3-4,6-7H,5,8-11H2,1-2H3,(H,15,16). The molecule has 1 N–H and O–H groups in total. The van der Waals surface area contributed by atoms with Gasteiger partial charge in [0.05, 0.1) is 24.2 Å². The summed E-state index contributed by atoms with van der Waals surface area (Å²) in [5, 5.41) is 3.33. The van der Waals surface area contributed by atoms with E-state index in [1.807, 2.05) is 25.2 Å². The second-order valence-corrected chi connectivity index (χ2v) is 4.37. The summed E-state index contributed by atoms with van der Waals surface area (Å²) in [5.74, 6) is 0.901.